The van der Waals surface area contributed by atoms with Crippen molar-refractivity contribution in [3.05, 3.63) is 74.6 Å². The van der Waals surface area contributed by atoms with Crippen molar-refractivity contribution in [1.29, 1.82) is 0 Å². The quantitative estimate of drug-likeness (QED) is 0.238. The molecule has 0 spiro atoms. The van der Waals surface area contributed by atoms with Gasteiger partial charge in [-0.15, -0.1) is 0 Å². The lowest BCUT2D eigenvalue weighted by Crippen LogP contribution is -2.43. The molecule has 1 N–H and O–H groups in total. The van der Waals surface area contributed by atoms with E-state index >= 15 is 0 Å². The fourth-order valence-corrected chi connectivity index (χ4v) is 6.04. The summed E-state index contributed by atoms with van der Waals surface area (Å²) >= 11 is 12.4. The number of hydrogen-bond donors (Lipinski definition) is 1. The van der Waals surface area contributed by atoms with Crippen molar-refractivity contribution >= 4 is 57.4 Å². The fourth-order valence-electron chi connectivity index (χ4n) is 5.71. The molecular weight excluding hydrogens is 503 g/mol. The molecular formula is C27H24Cl2N2O5. The molecule has 186 valence electrons. The van der Waals surface area contributed by atoms with E-state index in [1.807, 2.05) is 20.8 Å². The highest BCUT2D eigenvalue weighted by Crippen LogP contribution is 2.71. The number of amides is 1. The Morgan fingerprint density at radius 3 is 2.58 bits per heavy atom. The summed E-state index contributed by atoms with van der Waals surface area (Å²) in [6.07, 6.45) is 1.63. The van der Waals surface area contributed by atoms with Gasteiger partial charge in [0, 0.05) is 22.2 Å². The average Bonchev–Trinajstić information content (AvgIpc) is 3.15. The minimum absolute atomic E-state index is 0.188. The number of rotatable bonds is 4. The normalized spacial score (nSPS) is 25.3. The van der Waals surface area contributed by atoms with Gasteiger partial charge in [-0.05, 0) is 48.6 Å². The standard InChI is InChI=1S/C27H24Cl2N2O5/c1-25(2)26(3)10-11-27(25,24(34)30-19-13-16(28)8-9-18(19)29)14-21(26)31-36-23(33)17-12-15-6-4-5-7-20(15)35-22(17)32/h4-9,12-13H,10-11,14H2,1-3H3,(H,30,34)/b31-21+. The van der Waals surface area contributed by atoms with Crippen molar-refractivity contribution in [2.24, 2.45) is 21.4 Å². The molecule has 1 aromatic heterocycles. The summed E-state index contributed by atoms with van der Waals surface area (Å²) in [4.78, 5) is 44.0. The monoisotopic (exact) mass is 526 g/mol. The second-order valence-corrected chi connectivity index (χ2v) is 11.0. The molecule has 2 bridgehead atoms. The van der Waals surface area contributed by atoms with Gasteiger partial charge in [0.05, 0.1) is 21.8 Å². The molecule has 2 fully saturated rings. The van der Waals surface area contributed by atoms with E-state index in [4.69, 9.17) is 32.5 Å². The third kappa shape index (κ3) is 3.56. The van der Waals surface area contributed by atoms with E-state index in [2.05, 4.69) is 10.5 Å². The summed E-state index contributed by atoms with van der Waals surface area (Å²) in [6.45, 7) is 6.08. The molecule has 2 atom stereocenters. The minimum atomic E-state index is -0.907. The number of halogens is 2. The zero-order valence-electron chi connectivity index (χ0n) is 20.0. The molecule has 0 saturated heterocycles. The molecule has 0 aliphatic heterocycles. The number of para-hydroxylation sites is 1. The highest BCUT2D eigenvalue weighted by Gasteiger charge is 2.71. The number of carbonyl (C=O) groups excluding carboxylic acids is 2. The summed E-state index contributed by atoms with van der Waals surface area (Å²) in [5, 5.41) is 8.59. The van der Waals surface area contributed by atoms with Gasteiger partial charge >= 0.3 is 11.6 Å². The van der Waals surface area contributed by atoms with Gasteiger partial charge in [-0.2, -0.15) is 0 Å². The van der Waals surface area contributed by atoms with Crippen LogP contribution in [-0.4, -0.2) is 17.6 Å². The van der Waals surface area contributed by atoms with Gasteiger partial charge in [-0.1, -0.05) is 67.3 Å². The van der Waals surface area contributed by atoms with Crippen LogP contribution in [0.1, 0.15) is 50.4 Å². The highest BCUT2D eigenvalue weighted by molar-refractivity contribution is 6.35. The Labute approximate surface area is 217 Å². The molecule has 7 nitrogen and oxygen atoms in total. The molecule has 5 rings (SSSR count). The van der Waals surface area contributed by atoms with Crippen molar-refractivity contribution < 1.29 is 18.8 Å². The van der Waals surface area contributed by atoms with Crippen molar-refractivity contribution in [2.45, 2.75) is 40.0 Å². The van der Waals surface area contributed by atoms with Crippen LogP contribution in [0.2, 0.25) is 10.0 Å². The minimum Gasteiger partial charge on any atom is -0.422 e. The number of oxime groups is 1. The first-order valence-electron chi connectivity index (χ1n) is 11.6. The van der Waals surface area contributed by atoms with Gasteiger partial charge in [0.25, 0.3) is 0 Å². The average molecular weight is 527 g/mol. The molecule has 2 unspecified atom stereocenters. The van der Waals surface area contributed by atoms with Crippen LogP contribution in [-0.2, 0) is 9.63 Å². The van der Waals surface area contributed by atoms with Crippen LogP contribution in [0.25, 0.3) is 11.0 Å². The van der Waals surface area contributed by atoms with E-state index in [-0.39, 0.29) is 11.5 Å². The van der Waals surface area contributed by atoms with E-state index in [0.717, 1.165) is 0 Å². The van der Waals surface area contributed by atoms with Crippen molar-refractivity contribution in [1.82, 2.24) is 0 Å². The smallest absolute Gasteiger partial charge is 0.373 e. The molecule has 9 heteroatoms. The highest BCUT2D eigenvalue weighted by atomic mass is 35.5. The van der Waals surface area contributed by atoms with E-state index in [1.165, 1.54) is 6.07 Å². The van der Waals surface area contributed by atoms with E-state index in [1.54, 1.807) is 42.5 Å². The van der Waals surface area contributed by atoms with Gasteiger partial charge in [0.1, 0.15) is 11.1 Å². The van der Waals surface area contributed by atoms with Crippen molar-refractivity contribution in [3.63, 3.8) is 0 Å². The first kappa shape index (κ1) is 24.5. The summed E-state index contributed by atoms with van der Waals surface area (Å²) in [5.74, 6) is -1.09. The Hall–Kier alpha value is -3.16. The number of benzene rings is 2. The Balaban J connectivity index is 1.43. The third-order valence-electron chi connectivity index (χ3n) is 8.45. The maximum Gasteiger partial charge on any atom is 0.373 e. The van der Waals surface area contributed by atoms with Gasteiger partial charge in [0.15, 0.2) is 0 Å². The van der Waals surface area contributed by atoms with E-state index < -0.39 is 27.8 Å². The topological polar surface area (TPSA) is 98.0 Å². The second-order valence-electron chi connectivity index (χ2n) is 10.2. The summed E-state index contributed by atoms with van der Waals surface area (Å²) in [6, 6.07) is 13.2. The van der Waals surface area contributed by atoms with Crippen LogP contribution in [0.15, 0.2) is 62.9 Å². The van der Waals surface area contributed by atoms with E-state index in [9.17, 15) is 14.4 Å². The first-order chi connectivity index (χ1) is 17.0. The molecule has 2 aliphatic carbocycles. The van der Waals surface area contributed by atoms with Crippen LogP contribution in [0.4, 0.5) is 5.69 Å². The maximum atomic E-state index is 13.7. The lowest BCUT2D eigenvalue weighted by molar-refractivity contribution is -0.130. The first-order valence-corrected chi connectivity index (χ1v) is 12.3. The molecule has 2 aromatic carbocycles. The zero-order chi connectivity index (χ0) is 25.9. The molecule has 2 saturated carbocycles. The number of anilines is 1. The van der Waals surface area contributed by atoms with Gasteiger partial charge in [-0.3, -0.25) is 4.79 Å². The molecule has 36 heavy (non-hydrogen) atoms. The van der Waals surface area contributed by atoms with Gasteiger partial charge in [-0.25, -0.2) is 9.59 Å². The van der Waals surface area contributed by atoms with Crippen LogP contribution >= 0.6 is 23.2 Å². The largest absolute Gasteiger partial charge is 0.422 e. The summed E-state index contributed by atoms with van der Waals surface area (Å²) in [5.41, 5.74) is -1.40. The summed E-state index contributed by atoms with van der Waals surface area (Å²) < 4.78 is 5.23. The maximum absolute atomic E-state index is 13.7. The van der Waals surface area contributed by atoms with Crippen LogP contribution in [0.5, 0.6) is 0 Å². The third-order valence-corrected chi connectivity index (χ3v) is 9.01. The Kier molecular flexibility index (Phi) is 5.76. The molecule has 3 aromatic rings. The molecule has 1 heterocycles. The molecule has 0 radical (unpaired) electrons. The number of nitrogens with zero attached hydrogens (tertiary/aromatic N) is 1. The lowest BCUT2D eigenvalue weighted by atomic mass is 9.64. The number of carbonyl (C=O) groups is 2. The van der Waals surface area contributed by atoms with Crippen LogP contribution in [0, 0.1) is 16.2 Å². The Morgan fingerprint density at radius 1 is 1.06 bits per heavy atom. The fraction of sp³-hybridized carbons (Fsp3) is 0.333. The number of nitrogens with one attached hydrogen (secondary N) is 1. The van der Waals surface area contributed by atoms with Crippen LogP contribution in [0.3, 0.4) is 0 Å². The predicted octanol–water partition coefficient (Wildman–Crippen LogP) is 6.47. The van der Waals surface area contributed by atoms with Crippen molar-refractivity contribution in [2.75, 3.05) is 5.32 Å². The number of hydrogen-bond acceptors (Lipinski definition) is 6. The van der Waals surface area contributed by atoms with E-state index in [0.29, 0.717) is 51.7 Å². The lowest BCUT2D eigenvalue weighted by Gasteiger charge is -2.39. The molecule has 2 aliphatic rings. The molecule has 1 amide bonds. The zero-order valence-corrected chi connectivity index (χ0v) is 21.5. The Morgan fingerprint density at radius 2 is 1.81 bits per heavy atom. The van der Waals surface area contributed by atoms with Crippen LogP contribution < -0.4 is 10.9 Å². The van der Waals surface area contributed by atoms with Gasteiger partial charge in [0.2, 0.25) is 5.91 Å². The Bertz CT molecular complexity index is 1510. The predicted molar refractivity (Wildman–Crippen MR) is 139 cm³/mol. The summed E-state index contributed by atoms with van der Waals surface area (Å²) in [7, 11) is 0. The number of fused-ring (bicyclic) bond motifs is 3. The SMILES string of the molecule is CC12CCC(C(=O)Nc3cc(Cl)ccc3Cl)(C/C1=N\OC(=O)c1cc3ccccc3oc1=O)C2(C)C. The van der Waals surface area contributed by atoms with Crippen molar-refractivity contribution in [3.8, 4) is 0 Å². The second kappa shape index (κ2) is 8.46. The van der Waals surface area contributed by atoms with Gasteiger partial charge < -0.3 is 14.6 Å².